The molecule has 0 bridgehead atoms. The molecule has 0 radical (unpaired) electrons. The van der Waals surface area contributed by atoms with E-state index in [9.17, 15) is 14.1 Å². The summed E-state index contributed by atoms with van der Waals surface area (Å²) < 4.78 is 26.6. The SMILES string of the molecule is CC(c1ccc2c(c1CC(=O)CS(=N)(=O)c1cc(C(C)(C)O)co1)CCC2)C1CC1. The first-order valence-electron chi connectivity index (χ1n) is 10.8. The normalized spacial score (nSPS) is 19.3. The summed E-state index contributed by atoms with van der Waals surface area (Å²) in [5.74, 6) is 0.563. The van der Waals surface area contributed by atoms with Gasteiger partial charge in [-0.2, -0.15) is 0 Å². The van der Waals surface area contributed by atoms with Crippen molar-refractivity contribution < 1.29 is 18.5 Å². The van der Waals surface area contributed by atoms with Crippen molar-refractivity contribution in [2.75, 3.05) is 5.75 Å². The first-order chi connectivity index (χ1) is 14.1. The number of benzene rings is 1. The second-order valence-electron chi connectivity index (χ2n) is 9.50. The molecule has 1 saturated carbocycles. The van der Waals surface area contributed by atoms with Crippen LogP contribution in [0.15, 0.2) is 34.0 Å². The van der Waals surface area contributed by atoms with Crippen molar-refractivity contribution >= 4 is 15.5 Å². The summed E-state index contributed by atoms with van der Waals surface area (Å²) in [6.07, 6.45) is 7.18. The molecule has 162 valence electrons. The zero-order valence-electron chi connectivity index (χ0n) is 18.0. The van der Waals surface area contributed by atoms with Crippen LogP contribution in [0.4, 0.5) is 0 Å². The van der Waals surface area contributed by atoms with E-state index in [-0.39, 0.29) is 23.0 Å². The highest BCUT2D eigenvalue weighted by Crippen LogP contribution is 2.44. The van der Waals surface area contributed by atoms with Crippen molar-refractivity contribution in [1.82, 2.24) is 0 Å². The average Bonchev–Trinajstić information content (AvgIpc) is 3.16. The molecule has 4 rings (SSSR count). The molecule has 2 aliphatic carbocycles. The summed E-state index contributed by atoms with van der Waals surface area (Å²) >= 11 is 0. The number of nitrogens with one attached hydrogen (secondary N) is 1. The van der Waals surface area contributed by atoms with E-state index in [1.54, 1.807) is 13.8 Å². The van der Waals surface area contributed by atoms with Crippen molar-refractivity contribution in [3.63, 3.8) is 0 Å². The minimum Gasteiger partial charge on any atom is -0.454 e. The van der Waals surface area contributed by atoms with Gasteiger partial charge in [-0.05, 0) is 80.0 Å². The van der Waals surface area contributed by atoms with Crippen LogP contribution in [0, 0.1) is 10.7 Å². The van der Waals surface area contributed by atoms with Gasteiger partial charge in [0.15, 0.2) is 10.9 Å². The van der Waals surface area contributed by atoms with Crippen LogP contribution in [0.25, 0.3) is 0 Å². The van der Waals surface area contributed by atoms with Crippen LogP contribution in [0.3, 0.4) is 0 Å². The van der Waals surface area contributed by atoms with Gasteiger partial charge in [0.05, 0.1) is 17.6 Å². The minimum absolute atomic E-state index is 0.0437. The number of hydrogen-bond donors (Lipinski definition) is 2. The Bertz CT molecular complexity index is 1070. The fourth-order valence-corrected chi connectivity index (χ4v) is 5.82. The van der Waals surface area contributed by atoms with E-state index in [4.69, 9.17) is 9.20 Å². The van der Waals surface area contributed by atoms with E-state index in [1.807, 2.05) is 0 Å². The van der Waals surface area contributed by atoms with Crippen molar-refractivity contribution in [2.24, 2.45) is 5.92 Å². The molecule has 0 amide bonds. The van der Waals surface area contributed by atoms with Crippen LogP contribution in [-0.2, 0) is 39.4 Å². The molecule has 0 saturated heterocycles. The van der Waals surface area contributed by atoms with Crippen LogP contribution in [0.2, 0.25) is 0 Å². The molecule has 2 unspecified atom stereocenters. The smallest absolute Gasteiger partial charge is 0.199 e. The van der Waals surface area contributed by atoms with Gasteiger partial charge >= 0.3 is 0 Å². The maximum absolute atomic E-state index is 13.0. The third-order valence-corrected chi connectivity index (χ3v) is 8.19. The number of ketones is 1. The lowest BCUT2D eigenvalue weighted by atomic mass is 9.86. The molecule has 0 aliphatic heterocycles. The molecule has 1 aromatic carbocycles. The number of fused-ring (bicyclic) bond motifs is 1. The number of Topliss-reactive ketones (excluding diaryl/α,β-unsaturated/α-hetero) is 1. The molecule has 2 atom stereocenters. The highest BCUT2D eigenvalue weighted by molar-refractivity contribution is 7.93. The summed E-state index contributed by atoms with van der Waals surface area (Å²) in [4.78, 5) is 13.0. The molecule has 5 nitrogen and oxygen atoms in total. The molecule has 2 N–H and O–H groups in total. The maximum atomic E-state index is 13.0. The Labute approximate surface area is 178 Å². The molecule has 2 aliphatic rings. The van der Waals surface area contributed by atoms with Gasteiger partial charge in [0, 0.05) is 18.1 Å². The Morgan fingerprint density at radius 1 is 1.33 bits per heavy atom. The second-order valence-corrected chi connectivity index (χ2v) is 11.5. The lowest BCUT2D eigenvalue weighted by molar-refractivity contribution is -0.116. The summed E-state index contributed by atoms with van der Waals surface area (Å²) in [7, 11) is -3.40. The summed E-state index contributed by atoms with van der Waals surface area (Å²) in [5.41, 5.74) is 4.29. The Kier molecular flexibility index (Phi) is 5.43. The second kappa shape index (κ2) is 7.65. The van der Waals surface area contributed by atoms with Crippen molar-refractivity contribution in [2.45, 2.75) is 75.9 Å². The number of aliphatic hydroxyl groups is 1. The first-order valence-corrected chi connectivity index (χ1v) is 12.5. The molecule has 6 heteroatoms. The largest absolute Gasteiger partial charge is 0.454 e. The topological polar surface area (TPSA) is 91.4 Å². The third-order valence-electron chi connectivity index (χ3n) is 6.60. The fraction of sp³-hybridized carbons (Fsp3) is 0.542. The Morgan fingerprint density at radius 2 is 2.07 bits per heavy atom. The fourth-order valence-electron chi connectivity index (χ4n) is 4.60. The lowest BCUT2D eigenvalue weighted by Crippen LogP contribution is -2.19. The van der Waals surface area contributed by atoms with E-state index < -0.39 is 15.3 Å². The van der Waals surface area contributed by atoms with E-state index in [0.717, 1.165) is 24.8 Å². The molecule has 1 heterocycles. The molecule has 1 aromatic heterocycles. The monoisotopic (exact) mass is 429 g/mol. The van der Waals surface area contributed by atoms with Crippen LogP contribution in [0.1, 0.15) is 73.8 Å². The van der Waals surface area contributed by atoms with Crippen LogP contribution in [0.5, 0.6) is 0 Å². The zero-order chi connectivity index (χ0) is 21.7. The van der Waals surface area contributed by atoms with E-state index in [0.29, 0.717) is 17.4 Å². The standard InChI is InChI=1S/C24H31NO4S/c1-15(16-7-8-16)20-10-9-17-5-4-6-21(17)22(20)12-19(26)14-30(25,28)23-11-18(13-29-23)24(2,3)27/h9-11,13,15-16,25,27H,4-8,12,14H2,1-3H3. The molecule has 1 fully saturated rings. The molecule has 0 spiro atoms. The predicted molar refractivity (Wildman–Crippen MR) is 116 cm³/mol. The molecule has 2 aromatic rings. The maximum Gasteiger partial charge on any atom is 0.199 e. The van der Waals surface area contributed by atoms with Crippen LogP contribution in [-0.4, -0.2) is 20.9 Å². The predicted octanol–water partition coefficient (Wildman–Crippen LogP) is 4.73. The quantitative estimate of drug-likeness (QED) is 0.635. The third kappa shape index (κ3) is 4.26. The van der Waals surface area contributed by atoms with Crippen molar-refractivity contribution in [1.29, 1.82) is 4.78 Å². The number of rotatable bonds is 8. The van der Waals surface area contributed by atoms with Crippen LogP contribution < -0.4 is 0 Å². The number of carbonyl (C=O) groups is 1. The van der Waals surface area contributed by atoms with E-state index in [2.05, 4.69) is 19.1 Å². The Balaban J connectivity index is 1.57. The number of aryl methyl sites for hydroxylation is 1. The number of furan rings is 1. The lowest BCUT2D eigenvalue weighted by Gasteiger charge is -2.19. The van der Waals surface area contributed by atoms with Gasteiger partial charge in [-0.1, -0.05) is 19.1 Å². The van der Waals surface area contributed by atoms with E-state index in [1.165, 1.54) is 41.9 Å². The summed E-state index contributed by atoms with van der Waals surface area (Å²) in [5, 5.41) is 10.0. The van der Waals surface area contributed by atoms with E-state index >= 15 is 0 Å². The zero-order valence-corrected chi connectivity index (χ0v) is 18.8. The molecular formula is C24H31NO4S. The van der Waals surface area contributed by atoms with Gasteiger partial charge in [0.1, 0.15) is 9.73 Å². The highest BCUT2D eigenvalue weighted by Gasteiger charge is 2.32. The highest BCUT2D eigenvalue weighted by atomic mass is 32.2. The average molecular weight is 430 g/mol. The van der Waals surface area contributed by atoms with Gasteiger partial charge in [-0.25, -0.2) is 8.99 Å². The number of carbonyl (C=O) groups excluding carboxylic acids is 1. The van der Waals surface area contributed by atoms with Crippen molar-refractivity contribution in [3.8, 4) is 0 Å². The van der Waals surface area contributed by atoms with Crippen LogP contribution >= 0.6 is 0 Å². The molecule has 30 heavy (non-hydrogen) atoms. The Morgan fingerprint density at radius 3 is 2.70 bits per heavy atom. The number of hydrogen-bond acceptors (Lipinski definition) is 5. The Hall–Kier alpha value is -1.92. The van der Waals surface area contributed by atoms with Gasteiger partial charge in [0.2, 0.25) is 0 Å². The van der Waals surface area contributed by atoms with Gasteiger partial charge in [-0.15, -0.1) is 0 Å². The van der Waals surface area contributed by atoms with Crippen molar-refractivity contribution in [3.05, 3.63) is 52.3 Å². The summed E-state index contributed by atoms with van der Waals surface area (Å²) in [6, 6.07) is 5.85. The summed E-state index contributed by atoms with van der Waals surface area (Å²) in [6.45, 7) is 5.44. The van der Waals surface area contributed by atoms with Gasteiger partial charge < -0.3 is 9.52 Å². The van der Waals surface area contributed by atoms with Gasteiger partial charge in [0.25, 0.3) is 0 Å². The minimum atomic E-state index is -3.40. The molecular weight excluding hydrogens is 398 g/mol. The first kappa shape index (κ1) is 21.3. The van der Waals surface area contributed by atoms with Gasteiger partial charge in [-0.3, -0.25) is 4.79 Å².